The van der Waals surface area contributed by atoms with Gasteiger partial charge in [-0.2, -0.15) is 0 Å². The summed E-state index contributed by atoms with van der Waals surface area (Å²) < 4.78 is 2.26. The number of likely N-dealkylation sites (tertiary alicyclic amines) is 1. The molecule has 160 valence electrons. The predicted molar refractivity (Wildman–Crippen MR) is 122 cm³/mol. The molecule has 2 aliphatic rings. The van der Waals surface area contributed by atoms with Crippen molar-refractivity contribution in [3.05, 3.63) is 66.0 Å². The van der Waals surface area contributed by atoms with Gasteiger partial charge in [-0.1, -0.05) is 48.9 Å². The largest absolute Gasteiger partial charge is 0.370 e. The van der Waals surface area contributed by atoms with Crippen LogP contribution in [0.25, 0.3) is 11.4 Å². The maximum Gasteiger partial charge on any atom is 0.249 e. The first-order valence-electron chi connectivity index (χ1n) is 11.4. The molecule has 0 spiro atoms. The summed E-state index contributed by atoms with van der Waals surface area (Å²) in [5.74, 6) is 2.14. The molecule has 1 N–H and O–H groups in total. The summed E-state index contributed by atoms with van der Waals surface area (Å²) in [6.07, 6.45) is 6.74. The Labute approximate surface area is 183 Å². The van der Waals surface area contributed by atoms with Crippen molar-refractivity contribution in [2.75, 3.05) is 18.4 Å². The summed E-state index contributed by atoms with van der Waals surface area (Å²) in [6.45, 7) is 2.65. The van der Waals surface area contributed by atoms with E-state index < -0.39 is 6.04 Å². The van der Waals surface area contributed by atoms with Crippen molar-refractivity contribution in [3.63, 3.8) is 0 Å². The van der Waals surface area contributed by atoms with Gasteiger partial charge >= 0.3 is 0 Å². The van der Waals surface area contributed by atoms with Crippen molar-refractivity contribution in [1.29, 1.82) is 0 Å². The maximum atomic E-state index is 13.3. The van der Waals surface area contributed by atoms with Gasteiger partial charge in [0.25, 0.3) is 0 Å². The zero-order valence-corrected chi connectivity index (χ0v) is 17.8. The topological polar surface area (TPSA) is 63.1 Å². The monoisotopic (exact) mass is 415 g/mol. The van der Waals surface area contributed by atoms with Crippen molar-refractivity contribution in [2.24, 2.45) is 0 Å². The lowest BCUT2D eigenvalue weighted by Gasteiger charge is -2.25. The summed E-state index contributed by atoms with van der Waals surface area (Å²) in [7, 11) is 0. The van der Waals surface area contributed by atoms with Gasteiger partial charge in [-0.05, 0) is 43.4 Å². The van der Waals surface area contributed by atoms with Crippen molar-refractivity contribution >= 4 is 11.6 Å². The van der Waals surface area contributed by atoms with E-state index in [9.17, 15) is 4.79 Å². The highest BCUT2D eigenvalue weighted by Gasteiger charge is 2.28. The van der Waals surface area contributed by atoms with Crippen LogP contribution in [0.5, 0.6) is 0 Å². The van der Waals surface area contributed by atoms with Crippen molar-refractivity contribution in [1.82, 2.24) is 19.7 Å². The number of fused-ring (bicyclic) bond motifs is 1. The van der Waals surface area contributed by atoms with Gasteiger partial charge in [0.2, 0.25) is 5.91 Å². The maximum absolute atomic E-state index is 13.3. The molecule has 1 fully saturated rings. The Balaban J connectivity index is 1.44. The number of carbonyl (C=O) groups excluding carboxylic acids is 1. The fraction of sp³-hybridized carbons (Fsp3) is 0.400. The summed E-state index contributed by atoms with van der Waals surface area (Å²) in [5, 5.41) is 12.5. The minimum absolute atomic E-state index is 0.144. The van der Waals surface area contributed by atoms with E-state index >= 15 is 0 Å². The Kier molecular flexibility index (Phi) is 5.69. The highest BCUT2D eigenvalue weighted by atomic mass is 16.2. The first kappa shape index (κ1) is 19.8. The molecule has 6 heteroatoms. The van der Waals surface area contributed by atoms with Crippen LogP contribution in [0, 0.1) is 0 Å². The number of aromatic nitrogens is 3. The first-order valence-corrected chi connectivity index (χ1v) is 11.4. The van der Waals surface area contributed by atoms with Crippen LogP contribution in [0.2, 0.25) is 0 Å². The number of nitrogens with zero attached hydrogens (tertiary/aromatic N) is 4. The molecule has 1 atom stereocenters. The third-order valence-electron chi connectivity index (χ3n) is 6.34. The number of carbonyl (C=O) groups is 1. The molecule has 1 saturated heterocycles. The highest BCUT2D eigenvalue weighted by Crippen LogP contribution is 2.28. The number of anilines is 1. The number of amides is 1. The molecule has 1 amide bonds. The molecule has 2 aliphatic heterocycles. The summed E-state index contributed by atoms with van der Waals surface area (Å²) in [5.41, 5.74) is 2.94. The van der Waals surface area contributed by atoms with E-state index in [1.165, 1.54) is 12.8 Å². The zero-order chi connectivity index (χ0) is 21.0. The number of rotatable bonds is 5. The van der Waals surface area contributed by atoms with Crippen molar-refractivity contribution < 1.29 is 4.79 Å². The number of hydrogen-bond acceptors (Lipinski definition) is 4. The van der Waals surface area contributed by atoms with E-state index in [0.29, 0.717) is 0 Å². The molecule has 1 aromatic heterocycles. The lowest BCUT2D eigenvalue weighted by molar-refractivity contribution is -0.131. The molecule has 3 heterocycles. The SMILES string of the molecule is O=C([C@@H](Nc1cccc(-c2nnc3n2CCCCC3)c1)c1ccccc1)N1CCCC1. The molecular formula is C25H29N5O. The Morgan fingerprint density at radius 2 is 1.68 bits per heavy atom. The molecule has 2 aromatic carbocycles. The third-order valence-corrected chi connectivity index (χ3v) is 6.34. The minimum atomic E-state index is -0.398. The molecule has 0 aliphatic carbocycles. The van der Waals surface area contributed by atoms with Crippen LogP contribution in [-0.2, 0) is 17.8 Å². The third kappa shape index (κ3) is 4.20. The van der Waals surface area contributed by atoms with Gasteiger partial charge in [-0.15, -0.1) is 10.2 Å². The van der Waals surface area contributed by atoms with Crippen molar-refractivity contribution in [3.8, 4) is 11.4 Å². The van der Waals surface area contributed by atoms with Crippen LogP contribution in [0.15, 0.2) is 54.6 Å². The number of aryl methyl sites for hydroxylation is 1. The fourth-order valence-electron chi connectivity index (χ4n) is 4.67. The van der Waals surface area contributed by atoms with Crippen LogP contribution in [-0.4, -0.2) is 38.7 Å². The number of nitrogens with one attached hydrogen (secondary N) is 1. The molecule has 0 bridgehead atoms. The van der Waals surface area contributed by atoms with E-state index in [4.69, 9.17) is 0 Å². The Morgan fingerprint density at radius 3 is 2.52 bits per heavy atom. The Bertz CT molecular complexity index is 1040. The number of hydrogen-bond donors (Lipinski definition) is 1. The van der Waals surface area contributed by atoms with Crippen molar-refractivity contribution in [2.45, 2.75) is 51.1 Å². The molecule has 3 aromatic rings. The first-order chi connectivity index (χ1) is 15.3. The second-order valence-electron chi connectivity index (χ2n) is 8.50. The van der Waals surface area contributed by atoms with Gasteiger partial charge in [0, 0.05) is 37.3 Å². The quantitative estimate of drug-likeness (QED) is 0.669. The molecule has 0 unspecified atom stereocenters. The molecule has 0 radical (unpaired) electrons. The van der Waals surface area contributed by atoms with Gasteiger partial charge in [0.05, 0.1) is 0 Å². The number of benzene rings is 2. The van der Waals surface area contributed by atoms with E-state index in [0.717, 1.165) is 73.8 Å². The van der Waals surface area contributed by atoms with E-state index in [-0.39, 0.29) is 5.91 Å². The molecule has 6 nitrogen and oxygen atoms in total. The van der Waals surface area contributed by atoms with Gasteiger partial charge in [-0.25, -0.2) is 0 Å². The normalized spacial score (nSPS) is 17.1. The van der Waals surface area contributed by atoms with Crippen LogP contribution >= 0.6 is 0 Å². The van der Waals surface area contributed by atoms with Crippen LogP contribution in [0.1, 0.15) is 49.5 Å². The van der Waals surface area contributed by atoms with Crippen LogP contribution in [0.3, 0.4) is 0 Å². The second-order valence-corrected chi connectivity index (χ2v) is 8.50. The lowest BCUT2D eigenvalue weighted by Crippen LogP contribution is -2.36. The summed E-state index contributed by atoms with van der Waals surface area (Å²) >= 11 is 0. The molecule has 5 rings (SSSR count). The van der Waals surface area contributed by atoms with Gasteiger partial charge in [0.15, 0.2) is 5.82 Å². The second kappa shape index (κ2) is 8.92. The fourth-order valence-corrected chi connectivity index (χ4v) is 4.67. The van der Waals surface area contributed by atoms with Crippen LogP contribution < -0.4 is 5.32 Å². The van der Waals surface area contributed by atoms with E-state index in [1.54, 1.807) is 0 Å². The predicted octanol–water partition coefficient (Wildman–Crippen LogP) is 4.45. The molecular weight excluding hydrogens is 386 g/mol. The summed E-state index contributed by atoms with van der Waals surface area (Å²) in [6, 6.07) is 17.8. The van der Waals surface area contributed by atoms with E-state index in [1.807, 2.05) is 47.4 Å². The standard InChI is InChI=1S/C25H29N5O/c31-25(29-15-7-8-16-29)23(19-10-3-1-4-11-19)26-21-13-9-12-20(18-21)24-28-27-22-14-5-2-6-17-30(22)24/h1,3-4,9-13,18,23,26H,2,5-8,14-17H2/t23-/m0/s1. The minimum Gasteiger partial charge on any atom is -0.370 e. The Hall–Kier alpha value is -3.15. The zero-order valence-electron chi connectivity index (χ0n) is 17.8. The lowest BCUT2D eigenvalue weighted by atomic mass is 10.0. The molecule has 0 saturated carbocycles. The van der Waals surface area contributed by atoms with Gasteiger partial charge in [0.1, 0.15) is 11.9 Å². The highest BCUT2D eigenvalue weighted by molar-refractivity contribution is 5.86. The van der Waals surface area contributed by atoms with Crippen LogP contribution in [0.4, 0.5) is 5.69 Å². The Morgan fingerprint density at radius 1 is 0.871 bits per heavy atom. The van der Waals surface area contributed by atoms with E-state index in [2.05, 4.69) is 32.2 Å². The smallest absolute Gasteiger partial charge is 0.249 e. The molecule has 31 heavy (non-hydrogen) atoms. The summed E-state index contributed by atoms with van der Waals surface area (Å²) in [4.78, 5) is 15.3. The van der Waals surface area contributed by atoms with Gasteiger partial charge in [-0.3, -0.25) is 4.79 Å². The average Bonchev–Trinajstić information content (AvgIpc) is 3.43. The van der Waals surface area contributed by atoms with Gasteiger partial charge < -0.3 is 14.8 Å². The average molecular weight is 416 g/mol.